The van der Waals surface area contributed by atoms with Gasteiger partial charge in [0.15, 0.2) is 0 Å². The molecule has 2 rings (SSSR count). The minimum Gasteiger partial charge on any atom is -0.494 e. The second-order valence-corrected chi connectivity index (χ2v) is 6.38. The zero-order valence-electron chi connectivity index (χ0n) is 12.3. The smallest absolute Gasteiger partial charge is 0.241 e. The zero-order valence-corrected chi connectivity index (χ0v) is 13.2. The van der Waals surface area contributed by atoms with Crippen LogP contribution in [-0.2, 0) is 16.6 Å². The van der Waals surface area contributed by atoms with Gasteiger partial charge in [0.1, 0.15) is 11.5 Å². The Morgan fingerprint density at radius 2 is 1.95 bits per heavy atom. The number of sulfonamides is 1. The average Bonchev–Trinajstić information content (AvgIpc) is 2.95. The second-order valence-electron chi connectivity index (χ2n) is 4.65. The van der Waals surface area contributed by atoms with Crippen LogP contribution in [0.1, 0.15) is 23.8 Å². The van der Waals surface area contributed by atoms with Crippen molar-refractivity contribution in [3.8, 4) is 5.75 Å². The Kier molecular flexibility index (Phi) is 4.69. The first-order chi connectivity index (χ1) is 9.95. The Labute approximate surface area is 125 Å². The molecule has 0 aliphatic carbocycles. The van der Waals surface area contributed by atoms with Crippen molar-refractivity contribution in [2.45, 2.75) is 32.2 Å². The molecule has 2 aromatic rings. The molecule has 0 amide bonds. The molecule has 0 unspecified atom stereocenters. The number of hydrogen-bond acceptors (Lipinski definition) is 4. The van der Waals surface area contributed by atoms with E-state index < -0.39 is 10.0 Å². The van der Waals surface area contributed by atoms with Crippen LogP contribution in [0.4, 0.5) is 0 Å². The molecule has 0 saturated heterocycles. The van der Waals surface area contributed by atoms with Gasteiger partial charge < -0.3 is 9.15 Å². The molecular formula is C15H19NO4S. The molecule has 21 heavy (non-hydrogen) atoms. The van der Waals surface area contributed by atoms with Crippen LogP contribution in [0.15, 0.2) is 39.8 Å². The first kappa shape index (κ1) is 15.6. The van der Waals surface area contributed by atoms with E-state index in [1.807, 2.05) is 13.8 Å². The molecule has 0 bridgehead atoms. The molecular weight excluding hydrogens is 290 g/mol. The summed E-state index contributed by atoms with van der Waals surface area (Å²) >= 11 is 0. The van der Waals surface area contributed by atoms with Crippen LogP contribution in [0.5, 0.6) is 5.75 Å². The van der Waals surface area contributed by atoms with Crippen LogP contribution in [0, 0.1) is 13.8 Å². The number of rotatable bonds is 6. The number of nitrogens with one attached hydrogen (secondary N) is 1. The normalized spacial score (nSPS) is 11.6. The fraction of sp³-hybridized carbons (Fsp3) is 0.333. The van der Waals surface area contributed by atoms with Crippen LogP contribution in [0.25, 0.3) is 0 Å². The summed E-state index contributed by atoms with van der Waals surface area (Å²) in [6.07, 6.45) is 1.51. The van der Waals surface area contributed by atoms with Gasteiger partial charge in [-0.25, -0.2) is 13.1 Å². The lowest BCUT2D eigenvalue weighted by molar-refractivity contribution is 0.337. The topological polar surface area (TPSA) is 68.5 Å². The summed E-state index contributed by atoms with van der Waals surface area (Å²) in [5.74, 6) is 1.28. The minimum absolute atomic E-state index is 0.126. The van der Waals surface area contributed by atoms with Crippen molar-refractivity contribution >= 4 is 10.0 Å². The molecule has 0 saturated carbocycles. The largest absolute Gasteiger partial charge is 0.494 e. The minimum atomic E-state index is -3.59. The number of furan rings is 1. The molecule has 0 spiro atoms. The summed E-state index contributed by atoms with van der Waals surface area (Å²) in [5.41, 5.74) is 1.52. The summed E-state index contributed by atoms with van der Waals surface area (Å²) < 4.78 is 37.9. The summed E-state index contributed by atoms with van der Waals surface area (Å²) in [4.78, 5) is 0.259. The van der Waals surface area contributed by atoms with E-state index in [1.54, 1.807) is 31.2 Å². The highest BCUT2D eigenvalue weighted by Gasteiger charge is 2.19. The van der Waals surface area contributed by atoms with E-state index in [0.29, 0.717) is 23.7 Å². The Bertz CT molecular complexity index is 706. The highest BCUT2D eigenvalue weighted by molar-refractivity contribution is 7.89. The van der Waals surface area contributed by atoms with Gasteiger partial charge in [-0.1, -0.05) is 0 Å². The molecule has 1 heterocycles. The fourth-order valence-electron chi connectivity index (χ4n) is 2.03. The maximum Gasteiger partial charge on any atom is 0.241 e. The first-order valence-electron chi connectivity index (χ1n) is 6.70. The van der Waals surface area contributed by atoms with E-state index in [4.69, 9.17) is 9.15 Å². The van der Waals surface area contributed by atoms with Crippen LogP contribution in [0.2, 0.25) is 0 Å². The van der Waals surface area contributed by atoms with Crippen LogP contribution < -0.4 is 9.46 Å². The average molecular weight is 309 g/mol. The number of hydrogen-bond donors (Lipinski definition) is 1. The Hall–Kier alpha value is -1.79. The summed E-state index contributed by atoms with van der Waals surface area (Å²) in [6, 6.07) is 6.69. The molecule has 0 radical (unpaired) electrons. The van der Waals surface area contributed by atoms with Gasteiger partial charge in [-0.2, -0.15) is 0 Å². The molecule has 0 aliphatic rings. The van der Waals surface area contributed by atoms with E-state index >= 15 is 0 Å². The fourth-order valence-corrected chi connectivity index (χ4v) is 3.32. The van der Waals surface area contributed by atoms with E-state index in [0.717, 1.165) is 5.56 Å². The van der Waals surface area contributed by atoms with Crippen molar-refractivity contribution in [1.29, 1.82) is 0 Å². The van der Waals surface area contributed by atoms with Crippen molar-refractivity contribution in [1.82, 2.24) is 4.72 Å². The van der Waals surface area contributed by atoms with Crippen molar-refractivity contribution in [3.63, 3.8) is 0 Å². The van der Waals surface area contributed by atoms with Gasteiger partial charge in [-0.15, -0.1) is 0 Å². The third-order valence-electron chi connectivity index (χ3n) is 3.29. The SMILES string of the molecule is CCOc1ccc(S(=O)(=O)NCc2ccco2)c(C)c1C. The van der Waals surface area contributed by atoms with Gasteiger partial charge >= 0.3 is 0 Å². The molecule has 1 N–H and O–H groups in total. The maximum absolute atomic E-state index is 12.4. The molecule has 0 aliphatic heterocycles. The first-order valence-corrected chi connectivity index (χ1v) is 8.19. The predicted molar refractivity (Wildman–Crippen MR) is 79.8 cm³/mol. The van der Waals surface area contributed by atoms with Crippen molar-refractivity contribution in [3.05, 3.63) is 47.4 Å². The van der Waals surface area contributed by atoms with Crippen molar-refractivity contribution < 1.29 is 17.6 Å². The van der Waals surface area contributed by atoms with Gasteiger partial charge in [0.25, 0.3) is 0 Å². The van der Waals surface area contributed by atoms with Crippen molar-refractivity contribution in [2.75, 3.05) is 6.61 Å². The summed E-state index contributed by atoms with van der Waals surface area (Å²) in [7, 11) is -3.59. The molecule has 114 valence electrons. The highest BCUT2D eigenvalue weighted by Crippen LogP contribution is 2.27. The Morgan fingerprint density at radius 3 is 2.57 bits per heavy atom. The molecule has 6 heteroatoms. The van der Waals surface area contributed by atoms with Gasteiger partial charge in [-0.05, 0) is 56.2 Å². The Balaban J connectivity index is 2.25. The zero-order chi connectivity index (χ0) is 15.5. The van der Waals surface area contributed by atoms with Crippen LogP contribution in [-0.4, -0.2) is 15.0 Å². The highest BCUT2D eigenvalue weighted by atomic mass is 32.2. The lowest BCUT2D eigenvalue weighted by atomic mass is 10.1. The van der Waals surface area contributed by atoms with E-state index in [-0.39, 0.29) is 11.4 Å². The van der Waals surface area contributed by atoms with E-state index in [2.05, 4.69) is 4.72 Å². The third kappa shape index (κ3) is 3.46. The quantitative estimate of drug-likeness (QED) is 0.891. The van der Waals surface area contributed by atoms with Crippen LogP contribution in [0.3, 0.4) is 0 Å². The van der Waals surface area contributed by atoms with Crippen LogP contribution >= 0.6 is 0 Å². The van der Waals surface area contributed by atoms with Gasteiger partial charge in [0, 0.05) is 0 Å². The molecule has 1 aromatic carbocycles. The van der Waals surface area contributed by atoms with Gasteiger partial charge in [0.05, 0.1) is 24.3 Å². The maximum atomic E-state index is 12.4. The molecule has 5 nitrogen and oxygen atoms in total. The summed E-state index contributed by atoms with van der Waals surface area (Å²) in [6.45, 7) is 6.19. The number of ether oxygens (including phenoxy) is 1. The van der Waals surface area contributed by atoms with E-state index in [1.165, 1.54) is 6.26 Å². The molecule has 0 atom stereocenters. The predicted octanol–water partition coefficient (Wildman–Crippen LogP) is 2.77. The third-order valence-corrected chi connectivity index (χ3v) is 4.84. The second kappa shape index (κ2) is 6.32. The standard InChI is InChI=1S/C15H19NO4S/c1-4-19-14-7-8-15(12(3)11(14)2)21(17,18)16-10-13-6-5-9-20-13/h5-9,16H,4,10H2,1-3H3. The van der Waals surface area contributed by atoms with Gasteiger partial charge in [0.2, 0.25) is 10.0 Å². The lowest BCUT2D eigenvalue weighted by Crippen LogP contribution is -2.24. The molecule has 1 aromatic heterocycles. The monoisotopic (exact) mass is 309 g/mol. The Morgan fingerprint density at radius 1 is 1.19 bits per heavy atom. The summed E-state index contributed by atoms with van der Waals surface area (Å²) in [5, 5.41) is 0. The molecule has 0 fully saturated rings. The van der Waals surface area contributed by atoms with E-state index in [9.17, 15) is 8.42 Å². The number of benzene rings is 1. The van der Waals surface area contributed by atoms with Gasteiger partial charge in [-0.3, -0.25) is 0 Å². The van der Waals surface area contributed by atoms with Crippen molar-refractivity contribution in [2.24, 2.45) is 0 Å². The lowest BCUT2D eigenvalue weighted by Gasteiger charge is -2.14.